The van der Waals surface area contributed by atoms with Crippen LogP contribution in [0.2, 0.25) is 0 Å². The molecule has 6 nitrogen and oxygen atoms in total. The number of cyclic esters (lactones) is 1. The number of hydrogen-bond donors (Lipinski definition) is 0. The lowest BCUT2D eigenvalue weighted by molar-refractivity contribution is -0.142. The number of hydrogen-bond acceptors (Lipinski definition) is 6. The maximum absolute atomic E-state index is 11.9. The van der Waals surface area contributed by atoms with E-state index in [0.29, 0.717) is 5.13 Å². The molecule has 0 radical (unpaired) electrons. The first-order valence-corrected chi connectivity index (χ1v) is 8.02. The van der Waals surface area contributed by atoms with Crippen LogP contribution in [0.5, 0.6) is 0 Å². The van der Waals surface area contributed by atoms with Crippen LogP contribution in [-0.4, -0.2) is 36.8 Å². The molecule has 1 atom stereocenters. The number of aromatic nitrogens is 1. The molecule has 1 aromatic heterocycles. The third-order valence-corrected chi connectivity index (χ3v) is 4.55. The summed E-state index contributed by atoms with van der Waals surface area (Å²) in [6.45, 7) is -0.0291. The Labute approximate surface area is 138 Å². The third-order valence-electron chi connectivity index (χ3n) is 3.18. The van der Waals surface area contributed by atoms with Gasteiger partial charge in [0.15, 0.2) is 11.2 Å². The summed E-state index contributed by atoms with van der Waals surface area (Å²) >= 11 is 4.65. The normalized spacial score (nSPS) is 17.5. The number of halogens is 1. The minimum Gasteiger partial charge on any atom is -0.467 e. The molecule has 0 saturated carbocycles. The molecular formula is C14H11BrN2O4S. The molecule has 1 aliphatic rings. The van der Waals surface area contributed by atoms with Gasteiger partial charge in [-0.15, -0.1) is 11.3 Å². The van der Waals surface area contributed by atoms with E-state index in [1.807, 2.05) is 29.6 Å². The molecule has 0 N–H and O–H groups in total. The standard InChI is InChI=1S/C14H11BrN2O4S/c1-20-12(18)11-6-21-14(19)17(11)13-16-10(7-22-13)8-2-4-9(15)5-3-8/h2-5,7,11H,6H2,1H3/t11-/m0/s1. The minimum atomic E-state index is -0.790. The fraction of sp³-hybridized carbons (Fsp3) is 0.214. The summed E-state index contributed by atoms with van der Waals surface area (Å²) in [6.07, 6.45) is -0.591. The van der Waals surface area contributed by atoms with Gasteiger partial charge in [0.25, 0.3) is 0 Å². The maximum atomic E-state index is 11.9. The lowest BCUT2D eigenvalue weighted by atomic mass is 10.2. The summed E-state index contributed by atoms with van der Waals surface area (Å²) in [4.78, 5) is 29.3. The molecule has 1 fully saturated rings. The van der Waals surface area contributed by atoms with E-state index in [4.69, 9.17) is 9.47 Å². The number of nitrogens with zero attached hydrogens (tertiary/aromatic N) is 2. The molecule has 0 unspecified atom stereocenters. The highest BCUT2D eigenvalue weighted by molar-refractivity contribution is 9.10. The number of carbonyl (C=O) groups is 2. The zero-order chi connectivity index (χ0) is 15.7. The summed E-state index contributed by atoms with van der Waals surface area (Å²) < 4.78 is 10.6. The number of rotatable bonds is 3. The van der Waals surface area contributed by atoms with Crippen LogP contribution >= 0.6 is 27.3 Å². The Balaban J connectivity index is 1.90. The van der Waals surface area contributed by atoms with E-state index in [1.54, 1.807) is 0 Å². The van der Waals surface area contributed by atoms with Gasteiger partial charge in [-0.05, 0) is 12.1 Å². The molecule has 3 rings (SSSR count). The van der Waals surface area contributed by atoms with E-state index in [2.05, 4.69) is 20.9 Å². The first-order valence-electron chi connectivity index (χ1n) is 6.35. The van der Waals surface area contributed by atoms with Gasteiger partial charge in [-0.1, -0.05) is 28.1 Å². The summed E-state index contributed by atoms with van der Waals surface area (Å²) in [5.41, 5.74) is 1.66. The van der Waals surface area contributed by atoms with Crippen molar-refractivity contribution in [2.24, 2.45) is 0 Å². The SMILES string of the molecule is COC(=O)[C@@H]1COC(=O)N1c1nc(-c2ccc(Br)cc2)cs1. The van der Waals surface area contributed by atoms with Crippen molar-refractivity contribution in [1.82, 2.24) is 4.98 Å². The Morgan fingerprint density at radius 1 is 1.45 bits per heavy atom. The number of carbonyl (C=O) groups excluding carboxylic acids is 2. The molecule has 1 aliphatic heterocycles. The van der Waals surface area contributed by atoms with Crippen molar-refractivity contribution in [2.75, 3.05) is 18.6 Å². The van der Waals surface area contributed by atoms with Crippen LogP contribution in [0.15, 0.2) is 34.1 Å². The number of thiazole rings is 1. The highest BCUT2D eigenvalue weighted by atomic mass is 79.9. The lowest BCUT2D eigenvalue weighted by Crippen LogP contribution is -2.40. The van der Waals surface area contributed by atoms with Crippen LogP contribution in [0, 0.1) is 0 Å². The van der Waals surface area contributed by atoms with Crippen molar-refractivity contribution in [2.45, 2.75) is 6.04 Å². The van der Waals surface area contributed by atoms with Gasteiger partial charge in [0.05, 0.1) is 12.8 Å². The molecule has 0 aliphatic carbocycles. The van der Waals surface area contributed by atoms with Crippen molar-refractivity contribution in [3.05, 3.63) is 34.1 Å². The van der Waals surface area contributed by atoms with E-state index >= 15 is 0 Å². The fourth-order valence-corrected chi connectivity index (χ4v) is 3.21. The summed E-state index contributed by atoms with van der Waals surface area (Å²) in [5, 5.41) is 2.24. The molecule has 114 valence electrons. The van der Waals surface area contributed by atoms with Gasteiger partial charge >= 0.3 is 12.1 Å². The van der Waals surface area contributed by atoms with Gasteiger partial charge in [0, 0.05) is 15.4 Å². The van der Waals surface area contributed by atoms with E-state index in [0.717, 1.165) is 15.7 Å². The predicted molar refractivity (Wildman–Crippen MR) is 84.9 cm³/mol. The van der Waals surface area contributed by atoms with E-state index < -0.39 is 18.1 Å². The molecule has 2 aromatic rings. The average molecular weight is 383 g/mol. The number of benzene rings is 1. The van der Waals surface area contributed by atoms with E-state index in [-0.39, 0.29) is 6.61 Å². The van der Waals surface area contributed by atoms with E-state index in [1.165, 1.54) is 23.3 Å². The second kappa shape index (κ2) is 6.05. The number of amides is 1. The maximum Gasteiger partial charge on any atom is 0.417 e. The van der Waals surface area contributed by atoms with Crippen LogP contribution in [-0.2, 0) is 14.3 Å². The highest BCUT2D eigenvalue weighted by Gasteiger charge is 2.41. The number of ether oxygens (including phenoxy) is 2. The van der Waals surface area contributed by atoms with Crippen LogP contribution < -0.4 is 4.90 Å². The van der Waals surface area contributed by atoms with Crippen LogP contribution in [0.1, 0.15) is 0 Å². The largest absolute Gasteiger partial charge is 0.467 e. The predicted octanol–water partition coefficient (Wildman–Crippen LogP) is 3.07. The van der Waals surface area contributed by atoms with Crippen molar-refractivity contribution in [3.63, 3.8) is 0 Å². The third kappa shape index (κ3) is 2.71. The van der Waals surface area contributed by atoms with Crippen molar-refractivity contribution >= 4 is 44.5 Å². The fourth-order valence-electron chi connectivity index (χ4n) is 2.07. The Hall–Kier alpha value is -1.93. The zero-order valence-electron chi connectivity index (χ0n) is 11.5. The Kier molecular flexibility index (Phi) is 4.12. The second-order valence-electron chi connectivity index (χ2n) is 4.51. The number of methoxy groups -OCH3 is 1. The quantitative estimate of drug-likeness (QED) is 0.762. The summed E-state index contributed by atoms with van der Waals surface area (Å²) in [7, 11) is 1.28. The number of anilines is 1. The van der Waals surface area contributed by atoms with Gasteiger partial charge < -0.3 is 9.47 Å². The van der Waals surface area contributed by atoms with Crippen LogP contribution in [0.3, 0.4) is 0 Å². The monoisotopic (exact) mass is 382 g/mol. The zero-order valence-corrected chi connectivity index (χ0v) is 13.9. The molecule has 1 saturated heterocycles. The van der Waals surface area contributed by atoms with Crippen LogP contribution in [0.25, 0.3) is 11.3 Å². The number of esters is 1. The molecule has 0 bridgehead atoms. The lowest BCUT2D eigenvalue weighted by Gasteiger charge is -2.15. The molecule has 1 amide bonds. The molecule has 22 heavy (non-hydrogen) atoms. The summed E-state index contributed by atoms with van der Waals surface area (Å²) in [6, 6.07) is 6.87. The van der Waals surface area contributed by atoms with Crippen molar-refractivity contribution in [1.29, 1.82) is 0 Å². The summed E-state index contributed by atoms with van der Waals surface area (Å²) in [5.74, 6) is -0.522. The highest BCUT2D eigenvalue weighted by Crippen LogP contribution is 2.31. The first kappa shape index (κ1) is 15.0. The Bertz CT molecular complexity index is 716. The Morgan fingerprint density at radius 3 is 2.86 bits per heavy atom. The van der Waals surface area contributed by atoms with Gasteiger partial charge in [0.1, 0.15) is 6.61 Å². The molecule has 1 aromatic carbocycles. The van der Waals surface area contributed by atoms with Crippen molar-refractivity contribution < 1.29 is 19.1 Å². The average Bonchev–Trinajstić information content (AvgIpc) is 3.13. The first-order chi connectivity index (χ1) is 10.6. The minimum absolute atomic E-state index is 0.0291. The Morgan fingerprint density at radius 2 is 2.18 bits per heavy atom. The van der Waals surface area contributed by atoms with Gasteiger partial charge in [0.2, 0.25) is 0 Å². The topological polar surface area (TPSA) is 68.7 Å². The molecule has 0 spiro atoms. The second-order valence-corrected chi connectivity index (χ2v) is 6.26. The smallest absolute Gasteiger partial charge is 0.417 e. The van der Waals surface area contributed by atoms with Crippen LogP contribution in [0.4, 0.5) is 9.93 Å². The molecule has 2 heterocycles. The molecule has 8 heteroatoms. The van der Waals surface area contributed by atoms with Crippen molar-refractivity contribution in [3.8, 4) is 11.3 Å². The van der Waals surface area contributed by atoms with E-state index in [9.17, 15) is 9.59 Å². The molecular weight excluding hydrogens is 372 g/mol. The van der Waals surface area contributed by atoms with Gasteiger partial charge in [-0.2, -0.15) is 0 Å². The van der Waals surface area contributed by atoms with Gasteiger partial charge in [-0.25, -0.2) is 19.5 Å². The van der Waals surface area contributed by atoms with Gasteiger partial charge in [-0.3, -0.25) is 0 Å².